The summed E-state index contributed by atoms with van der Waals surface area (Å²) in [4.78, 5) is 0. The van der Waals surface area contributed by atoms with Crippen LogP contribution in [0.3, 0.4) is 0 Å². The molecule has 0 nitrogen and oxygen atoms in total. The second-order valence-electron chi connectivity index (χ2n) is 6.68. The zero-order valence-corrected chi connectivity index (χ0v) is 16.0. The highest BCUT2D eigenvalue weighted by Crippen LogP contribution is 2.11. The van der Waals surface area contributed by atoms with E-state index in [0.717, 1.165) is 19.3 Å². The van der Waals surface area contributed by atoms with Gasteiger partial charge in [-0.1, -0.05) is 113 Å². The fourth-order valence-corrected chi connectivity index (χ4v) is 2.72. The van der Waals surface area contributed by atoms with Crippen LogP contribution in [0.15, 0.2) is 72.8 Å². The van der Waals surface area contributed by atoms with Gasteiger partial charge in [0.1, 0.15) is 0 Å². The lowest BCUT2D eigenvalue weighted by Crippen LogP contribution is -1.88. The van der Waals surface area contributed by atoms with Gasteiger partial charge in [0.05, 0.1) is 0 Å². The van der Waals surface area contributed by atoms with Crippen LogP contribution in [-0.2, 0) is 19.3 Å². The maximum Gasteiger partial charge on any atom is -0.00258 e. The second kappa shape index (κ2) is 12.9. The normalized spacial score (nSPS) is 9.33. The monoisotopic (exact) mass is 362 g/mol. The van der Waals surface area contributed by atoms with Crippen LogP contribution in [0.1, 0.15) is 62.1 Å². The van der Waals surface area contributed by atoms with Gasteiger partial charge in [-0.05, 0) is 55.4 Å². The quantitative estimate of drug-likeness (QED) is 0.441. The minimum absolute atomic E-state index is 0. The molecule has 0 N–H and O–H groups in total. The average Bonchev–Trinajstić information content (AvgIpc) is 2.66. The van der Waals surface area contributed by atoms with Crippen molar-refractivity contribution in [2.45, 2.75) is 61.8 Å². The second-order valence-corrected chi connectivity index (χ2v) is 6.68. The largest absolute Gasteiger partial charge is 0.0776 e. The van der Waals surface area contributed by atoms with Crippen molar-refractivity contribution in [3.63, 3.8) is 0 Å². The van der Waals surface area contributed by atoms with Crippen molar-refractivity contribution < 1.29 is 0 Å². The number of benzene rings is 3. The van der Waals surface area contributed by atoms with Crippen LogP contribution in [0.25, 0.3) is 0 Å². The summed E-state index contributed by atoms with van der Waals surface area (Å²) in [5.41, 5.74) is 8.29. The summed E-state index contributed by atoms with van der Waals surface area (Å²) in [5.74, 6) is 0. The van der Waals surface area contributed by atoms with Crippen LogP contribution in [0.2, 0.25) is 0 Å². The van der Waals surface area contributed by atoms with Crippen LogP contribution in [0.4, 0.5) is 0 Å². The Morgan fingerprint density at radius 3 is 1.22 bits per heavy atom. The van der Waals surface area contributed by atoms with E-state index >= 15 is 0 Å². The summed E-state index contributed by atoms with van der Waals surface area (Å²) in [5, 5.41) is 0. The van der Waals surface area contributed by atoms with Crippen molar-refractivity contribution in [3.8, 4) is 0 Å². The molecule has 3 rings (SSSR count). The van der Waals surface area contributed by atoms with Gasteiger partial charge in [-0.25, -0.2) is 0 Å². The fraction of sp³-hybridized carbons (Fsp3) is 0.333. The lowest BCUT2D eigenvalue weighted by Gasteiger charge is -2.03. The molecule has 3 aromatic carbocycles. The highest BCUT2D eigenvalue weighted by molar-refractivity contribution is 5.29. The zero-order chi connectivity index (χ0) is 18.1. The molecule has 0 spiro atoms. The molecule has 0 saturated carbocycles. The summed E-state index contributed by atoms with van der Waals surface area (Å²) in [6.45, 7) is 8.62. The number of hydrogen-bond donors (Lipinski definition) is 0. The first-order chi connectivity index (χ1) is 12.1. The van der Waals surface area contributed by atoms with E-state index in [1.165, 1.54) is 33.4 Å². The molecule has 0 atom stereocenters. The van der Waals surface area contributed by atoms with E-state index in [9.17, 15) is 0 Å². The Balaban J connectivity index is 0.000000500. The molecule has 0 bridgehead atoms. The van der Waals surface area contributed by atoms with Crippen molar-refractivity contribution in [2.24, 2.45) is 0 Å². The number of rotatable bonds is 4. The molecule has 3 aromatic rings. The summed E-state index contributed by atoms with van der Waals surface area (Å²) in [7, 11) is 0. The summed E-state index contributed by atoms with van der Waals surface area (Å²) in [6.07, 6.45) is 3.32. The molecule has 0 heterocycles. The molecule has 0 aliphatic carbocycles. The van der Waals surface area contributed by atoms with E-state index in [4.69, 9.17) is 0 Å². The predicted molar refractivity (Wildman–Crippen MR) is 124 cm³/mol. The van der Waals surface area contributed by atoms with Gasteiger partial charge < -0.3 is 0 Å². The Bertz CT molecular complexity index is 686. The lowest BCUT2D eigenvalue weighted by atomic mass is 10.0. The molecule has 0 radical (unpaired) electrons. The minimum Gasteiger partial charge on any atom is -0.0776 e. The molecule has 0 aromatic heterocycles. The van der Waals surface area contributed by atoms with Crippen molar-refractivity contribution in [3.05, 3.63) is 106 Å². The van der Waals surface area contributed by atoms with E-state index in [1.54, 1.807) is 0 Å². The van der Waals surface area contributed by atoms with Gasteiger partial charge >= 0.3 is 0 Å². The Hall–Kier alpha value is -2.34. The van der Waals surface area contributed by atoms with Crippen molar-refractivity contribution in [1.29, 1.82) is 0 Å². The van der Waals surface area contributed by atoms with E-state index in [-0.39, 0.29) is 14.9 Å². The molecular weight excluding hydrogens is 324 g/mol. The fourth-order valence-electron chi connectivity index (χ4n) is 2.72. The van der Waals surface area contributed by atoms with Gasteiger partial charge in [0, 0.05) is 0 Å². The van der Waals surface area contributed by atoms with Crippen LogP contribution >= 0.6 is 0 Å². The molecule has 0 aliphatic rings. The van der Waals surface area contributed by atoms with E-state index < -0.39 is 0 Å². The highest BCUT2D eigenvalue weighted by Gasteiger charge is 1.95. The maximum atomic E-state index is 2.28. The van der Waals surface area contributed by atoms with Crippen molar-refractivity contribution in [2.75, 3.05) is 0 Å². The van der Waals surface area contributed by atoms with E-state index in [2.05, 4.69) is 100 Å². The van der Waals surface area contributed by atoms with Crippen LogP contribution in [-0.4, -0.2) is 0 Å². The van der Waals surface area contributed by atoms with Crippen LogP contribution in [0, 0.1) is 13.8 Å². The predicted octanol–water partition coefficient (Wildman–Crippen LogP) is 7.98. The first-order valence-corrected chi connectivity index (χ1v) is 9.29. The Morgan fingerprint density at radius 1 is 0.519 bits per heavy atom. The zero-order valence-electron chi connectivity index (χ0n) is 16.0. The van der Waals surface area contributed by atoms with Gasteiger partial charge in [0.15, 0.2) is 0 Å². The smallest absolute Gasteiger partial charge is 0.00258 e. The molecule has 146 valence electrons. The maximum absolute atomic E-state index is 2.28. The molecule has 0 unspecified atom stereocenters. The number of aryl methyl sites for hydroxylation is 4. The molecule has 0 amide bonds. The molecule has 0 saturated heterocycles. The van der Waals surface area contributed by atoms with Crippen LogP contribution < -0.4 is 0 Å². The summed E-state index contributed by atoms with van der Waals surface area (Å²) in [6, 6.07) is 26.3. The summed E-state index contributed by atoms with van der Waals surface area (Å²) < 4.78 is 0. The van der Waals surface area contributed by atoms with Gasteiger partial charge in [0.25, 0.3) is 0 Å². The van der Waals surface area contributed by atoms with Gasteiger partial charge in [-0.3, -0.25) is 0 Å². The highest BCUT2D eigenvalue weighted by atomic mass is 14.0. The third-order valence-electron chi connectivity index (χ3n) is 4.46. The van der Waals surface area contributed by atoms with Gasteiger partial charge in [-0.2, -0.15) is 0 Å². The van der Waals surface area contributed by atoms with Crippen LogP contribution in [0.5, 0.6) is 0 Å². The minimum atomic E-state index is 0. The topological polar surface area (TPSA) is 0 Å². The Labute approximate surface area is 168 Å². The van der Waals surface area contributed by atoms with Crippen molar-refractivity contribution in [1.82, 2.24) is 0 Å². The molecular formula is C27H38. The molecule has 0 aliphatic heterocycles. The third kappa shape index (κ3) is 8.73. The van der Waals surface area contributed by atoms with E-state index in [1.807, 2.05) is 0 Å². The first-order valence-electron chi connectivity index (χ1n) is 9.29. The Kier molecular flexibility index (Phi) is 11.8. The lowest BCUT2D eigenvalue weighted by molar-refractivity contribution is 1.09. The third-order valence-corrected chi connectivity index (χ3v) is 4.46. The SMILES string of the molecule is C.C.CCc1cccc(CC)c1.Cc1ccc(Cc2ccc(C)cc2)cc1. The molecule has 0 heteroatoms. The molecule has 0 fully saturated rings. The number of hydrogen-bond acceptors (Lipinski definition) is 0. The first kappa shape index (κ1) is 24.7. The van der Waals surface area contributed by atoms with E-state index in [0.29, 0.717) is 0 Å². The standard InChI is InChI=1S/C15H16.C10H14.2CH4/c1-12-3-7-14(8-4-12)11-15-9-5-13(2)6-10-15;1-3-9-6-5-7-10(4-2)8-9;;/h3-10H,11H2,1-2H3;5-8H,3-4H2,1-2H3;2*1H4. The van der Waals surface area contributed by atoms with Crippen molar-refractivity contribution >= 4 is 0 Å². The summed E-state index contributed by atoms with van der Waals surface area (Å²) >= 11 is 0. The Morgan fingerprint density at radius 2 is 0.889 bits per heavy atom. The van der Waals surface area contributed by atoms with Gasteiger partial charge in [0.2, 0.25) is 0 Å². The molecule has 27 heavy (non-hydrogen) atoms. The van der Waals surface area contributed by atoms with Gasteiger partial charge in [-0.15, -0.1) is 0 Å². The average molecular weight is 363 g/mol.